The van der Waals surface area contributed by atoms with Crippen molar-refractivity contribution in [2.24, 2.45) is 5.92 Å². The van der Waals surface area contributed by atoms with E-state index in [2.05, 4.69) is 20.3 Å². The molecule has 2 aromatic heterocycles. The summed E-state index contributed by atoms with van der Waals surface area (Å²) in [5.41, 5.74) is 1.62. The van der Waals surface area contributed by atoms with E-state index in [9.17, 15) is 27.9 Å². The van der Waals surface area contributed by atoms with Crippen LogP contribution in [0.15, 0.2) is 24.5 Å². The number of aryl methyl sites for hydroxylation is 1. The number of alkyl halides is 3. The van der Waals surface area contributed by atoms with Gasteiger partial charge in [-0.25, -0.2) is 23.1 Å². The largest absolute Gasteiger partial charge is 0.493 e. The molecule has 12 heteroatoms. The molecule has 1 aromatic carbocycles. The molecule has 2 amide bonds. The maximum atomic E-state index is 14.6. The molecule has 2 fully saturated rings. The van der Waals surface area contributed by atoms with Gasteiger partial charge in [0.1, 0.15) is 35.6 Å². The number of likely N-dealkylation sites (tertiary alicyclic amines) is 1. The number of halogens is 3. The minimum absolute atomic E-state index is 0.0829. The highest BCUT2D eigenvalue weighted by molar-refractivity contribution is 6.09. The monoisotopic (exact) mass is 531 g/mol. The molecule has 1 aliphatic heterocycles. The van der Waals surface area contributed by atoms with Crippen molar-refractivity contribution in [3.63, 3.8) is 0 Å². The van der Waals surface area contributed by atoms with Gasteiger partial charge in [-0.15, -0.1) is 0 Å². The van der Waals surface area contributed by atoms with Gasteiger partial charge in [0.05, 0.1) is 30.3 Å². The molecule has 0 spiro atoms. The van der Waals surface area contributed by atoms with Gasteiger partial charge < -0.3 is 25.0 Å². The van der Waals surface area contributed by atoms with Gasteiger partial charge in [-0.05, 0) is 50.8 Å². The topological polar surface area (TPSA) is 120 Å². The second-order valence-corrected chi connectivity index (χ2v) is 9.90. The molecule has 1 aliphatic carbocycles. The van der Waals surface area contributed by atoms with Crippen LogP contribution in [0.1, 0.15) is 47.8 Å². The average molecular weight is 532 g/mol. The van der Waals surface area contributed by atoms with Crippen LogP contribution < -0.4 is 10.1 Å². The number of rotatable bonds is 8. The first-order valence-corrected chi connectivity index (χ1v) is 12.4. The zero-order valence-corrected chi connectivity index (χ0v) is 20.9. The Balaban J connectivity index is 1.47. The van der Waals surface area contributed by atoms with Crippen LogP contribution in [-0.2, 0) is 4.79 Å². The van der Waals surface area contributed by atoms with Crippen LogP contribution in [0.5, 0.6) is 5.75 Å². The molecule has 1 saturated heterocycles. The molecule has 38 heavy (non-hydrogen) atoms. The number of ether oxygens (including phenoxy) is 1. The summed E-state index contributed by atoms with van der Waals surface area (Å²) in [7, 11) is 0. The molecular weight excluding hydrogens is 503 g/mol. The number of aliphatic hydroxyl groups excluding tert-OH is 1. The van der Waals surface area contributed by atoms with Crippen molar-refractivity contribution >= 4 is 22.8 Å². The minimum atomic E-state index is -2.70. The number of aromatic nitrogens is 3. The van der Waals surface area contributed by atoms with Gasteiger partial charge in [-0.2, -0.15) is 0 Å². The highest BCUT2D eigenvalue weighted by Gasteiger charge is 2.38. The van der Waals surface area contributed by atoms with Crippen molar-refractivity contribution in [2.45, 2.75) is 51.4 Å². The second-order valence-electron chi connectivity index (χ2n) is 9.90. The lowest BCUT2D eigenvalue weighted by atomic mass is 10.0. The number of aromatic amines is 1. The van der Waals surface area contributed by atoms with Gasteiger partial charge >= 0.3 is 0 Å². The summed E-state index contributed by atoms with van der Waals surface area (Å²) in [5, 5.41) is 12.1. The molecule has 5 rings (SSSR count). The maximum absolute atomic E-state index is 14.6. The highest BCUT2D eigenvalue weighted by atomic mass is 19.3. The van der Waals surface area contributed by atoms with E-state index in [0.29, 0.717) is 40.7 Å². The van der Waals surface area contributed by atoms with Gasteiger partial charge in [0.25, 0.3) is 18.2 Å². The number of carbonyl (C=O) groups excluding carboxylic acids is 2. The number of hydrogen-bond acceptors (Lipinski definition) is 6. The van der Waals surface area contributed by atoms with E-state index >= 15 is 0 Å². The quantitative estimate of drug-likeness (QED) is 0.410. The molecule has 3 N–H and O–H groups in total. The number of amides is 2. The predicted octanol–water partition coefficient (Wildman–Crippen LogP) is 3.32. The molecule has 1 saturated carbocycles. The van der Waals surface area contributed by atoms with Crippen molar-refractivity contribution in [3.8, 4) is 17.0 Å². The Morgan fingerprint density at radius 3 is 2.71 bits per heavy atom. The van der Waals surface area contributed by atoms with Crippen LogP contribution >= 0.6 is 0 Å². The molecule has 0 radical (unpaired) electrons. The molecule has 3 aromatic rings. The van der Waals surface area contributed by atoms with Crippen molar-refractivity contribution in [2.75, 3.05) is 19.7 Å². The van der Waals surface area contributed by atoms with E-state index in [-0.39, 0.29) is 29.7 Å². The summed E-state index contributed by atoms with van der Waals surface area (Å²) >= 11 is 0. The zero-order chi connectivity index (χ0) is 27.1. The number of H-pyrrole nitrogens is 1. The third-order valence-electron chi connectivity index (χ3n) is 6.91. The van der Waals surface area contributed by atoms with E-state index in [4.69, 9.17) is 4.74 Å². The fraction of sp³-hybridized carbons (Fsp3) is 0.462. The van der Waals surface area contributed by atoms with Gasteiger partial charge in [-0.1, -0.05) is 0 Å². The first-order valence-electron chi connectivity index (χ1n) is 12.4. The second kappa shape index (κ2) is 10.2. The normalized spacial score (nSPS) is 20.2. The van der Waals surface area contributed by atoms with Crippen molar-refractivity contribution in [1.82, 2.24) is 25.2 Å². The lowest BCUT2D eigenvalue weighted by molar-refractivity contribution is -0.138. The van der Waals surface area contributed by atoms with Crippen LogP contribution in [0, 0.1) is 12.8 Å². The molecule has 9 nitrogen and oxygen atoms in total. The standard InChI is InChI=1S/C26H28F3N5O4/c1-12-20(25(36)33-18-9-34(8-17(18)27)26(37)13(2)35)22-23(32-12)21(30-11-31-22)16-7-15(24(28)29)5-6-19(16)38-10-14-3-4-14/h5-7,11,13-14,17-18,24,32,35H,3-4,8-10H2,1-2H3,(H,33,36)/t13-,17-,18-/m0/s1. The molecule has 3 atom stereocenters. The minimum Gasteiger partial charge on any atom is -0.493 e. The molecule has 0 unspecified atom stereocenters. The van der Waals surface area contributed by atoms with E-state index in [1.54, 1.807) is 6.92 Å². The fourth-order valence-corrected chi connectivity index (χ4v) is 4.67. The lowest BCUT2D eigenvalue weighted by Crippen LogP contribution is -2.42. The summed E-state index contributed by atoms with van der Waals surface area (Å²) in [6, 6.07) is 3.16. The highest BCUT2D eigenvalue weighted by Crippen LogP contribution is 2.38. The van der Waals surface area contributed by atoms with Crippen LogP contribution in [0.4, 0.5) is 13.2 Å². The summed E-state index contributed by atoms with van der Waals surface area (Å²) in [5.74, 6) is -0.388. The van der Waals surface area contributed by atoms with Crippen LogP contribution in [0.3, 0.4) is 0 Å². The third-order valence-corrected chi connectivity index (χ3v) is 6.91. The van der Waals surface area contributed by atoms with Crippen LogP contribution in [0.25, 0.3) is 22.3 Å². The number of fused-ring (bicyclic) bond motifs is 1. The molecule has 202 valence electrons. The summed E-state index contributed by atoms with van der Waals surface area (Å²) in [4.78, 5) is 38.2. The average Bonchev–Trinajstić information content (AvgIpc) is 3.55. The Morgan fingerprint density at radius 2 is 2.03 bits per heavy atom. The molecular formula is C26H28F3N5O4. The summed E-state index contributed by atoms with van der Waals surface area (Å²) in [6.07, 6.45) is -2.14. The van der Waals surface area contributed by atoms with Crippen molar-refractivity contribution in [3.05, 3.63) is 41.3 Å². The molecule has 2 aliphatic rings. The van der Waals surface area contributed by atoms with E-state index in [1.807, 2.05) is 0 Å². The smallest absolute Gasteiger partial charge is 0.263 e. The SMILES string of the molecule is Cc1[nH]c2c(-c3cc(C(F)F)ccc3OCC3CC3)ncnc2c1C(=O)N[C@H]1CN(C(=O)[C@H](C)O)C[C@@H]1F. The number of benzene rings is 1. The van der Waals surface area contributed by atoms with Gasteiger partial charge in [0, 0.05) is 23.4 Å². The Labute approximate surface area is 216 Å². The lowest BCUT2D eigenvalue weighted by Gasteiger charge is -2.18. The number of aliphatic hydroxyl groups is 1. The Bertz CT molecular complexity index is 1370. The summed E-state index contributed by atoms with van der Waals surface area (Å²) < 4.78 is 47.7. The Morgan fingerprint density at radius 1 is 1.26 bits per heavy atom. The fourth-order valence-electron chi connectivity index (χ4n) is 4.67. The third kappa shape index (κ3) is 5.04. The first kappa shape index (κ1) is 26.0. The van der Waals surface area contributed by atoms with E-state index in [0.717, 1.165) is 12.8 Å². The van der Waals surface area contributed by atoms with Gasteiger partial charge in [0.15, 0.2) is 0 Å². The van der Waals surface area contributed by atoms with E-state index in [1.165, 1.54) is 36.4 Å². The number of hydrogen-bond donors (Lipinski definition) is 3. The zero-order valence-electron chi connectivity index (χ0n) is 20.9. The van der Waals surface area contributed by atoms with Gasteiger partial charge in [-0.3, -0.25) is 9.59 Å². The molecule has 0 bridgehead atoms. The number of nitrogens with zero attached hydrogens (tertiary/aromatic N) is 3. The maximum Gasteiger partial charge on any atom is 0.263 e. The molecule has 3 heterocycles. The summed E-state index contributed by atoms with van der Waals surface area (Å²) in [6.45, 7) is 3.09. The number of carbonyl (C=O) groups is 2. The van der Waals surface area contributed by atoms with Crippen molar-refractivity contribution in [1.29, 1.82) is 0 Å². The Hall–Kier alpha value is -3.67. The van der Waals surface area contributed by atoms with Crippen LogP contribution in [-0.4, -0.2) is 74.8 Å². The predicted molar refractivity (Wildman–Crippen MR) is 132 cm³/mol. The Kier molecular flexibility index (Phi) is 6.99. The van der Waals surface area contributed by atoms with Crippen molar-refractivity contribution < 1.29 is 32.6 Å². The first-order chi connectivity index (χ1) is 18.1. The van der Waals surface area contributed by atoms with Gasteiger partial charge in [0.2, 0.25) is 0 Å². The number of nitrogens with one attached hydrogen (secondary N) is 2. The van der Waals surface area contributed by atoms with Crippen LogP contribution in [0.2, 0.25) is 0 Å². The van der Waals surface area contributed by atoms with E-state index < -0.39 is 36.6 Å².